The molecule has 3 aromatic rings. The fourth-order valence-corrected chi connectivity index (χ4v) is 5.56. The van der Waals surface area contributed by atoms with E-state index < -0.39 is 0 Å². The number of rotatable bonds is 6. The highest BCUT2D eigenvalue weighted by molar-refractivity contribution is 7.59. The maximum absolute atomic E-state index is 13.9. The highest BCUT2D eigenvalue weighted by Crippen LogP contribution is 2.39. The number of amides is 1. The number of nitrogens with two attached hydrogens (primary N) is 1. The molecule has 0 radical (unpaired) electrons. The van der Waals surface area contributed by atoms with Crippen molar-refractivity contribution in [1.82, 2.24) is 9.13 Å². The fraction of sp³-hybridized carbons (Fsp3) is 0.464. The van der Waals surface area contributed by atoms with E-state index in [9.17, 15) is 14.4 Å². The average molecular weight is 511 g/mol. The lowest BCUT2D eigenvalue weighted by Crippen LogP contribution is -2.40. The summed E-state index contributed by atoms with van der Waals surface area (Å²) in [6.45, 7) is 7.02. The smallest absolute Gasteiger partial charge is 0.329 e. The number of anilines is 1. The third-order valence-corrected chi connectivity index (χ3v) is 7.54. The maximum Gasteiger partial charge on any atom is 0.336 e. The third kappa shape index (κ3) is 5.15. The van der Waals surface area contributed by atoms with E-state index in [4.69, 9.17) is 5.73 Å². The molecule has 4 rings (SSSR count). The van der Waals surface area contributed by atoms with Crippen molar-refractivity contribution in [1.29, 1.82) is 0 Å². The molecule has 36 heavy (non-hydrogen) atoms. The van der Waals surface area contributed by atoms with Crippen molar-refractivity contribution in [3.05, 3.63) is 64.6 Å². The number of aromatic nitrogens is 2. The van der Waals surface area contributed by atoms with E-state index in [1.165, 1.54) is 9.13 Å². The van der Waals surface area contributed by atoms with Crippen LogP contribution in [-0.4, -0.2) is 34.5 Å². The standard InChI is InChI=1S/C28H36N4O3.H2S/c1-18(2)22-12-10-19(3)16-23(22)27(34)32-24-13-11-20(17-25(24)31(15-14-29)28(32)35)26(33)30(4)21-8-6-5-7-9-21;/h5-9,11,13,17-19,22-23H,10,12,14-16,29H2,1-4H3;1H2/t19-,22+,23-;/m1./s1. The van der Waals surface area contributed by atoms with Gasteiger partial charge in [-0.25, -0.2) is 9.36 Å². The minimum absolute atomic E-state index is 0. The Kier molecular flexibility index (Phi) is 8.84. The molecule has 3 atom stereocenters. The van der Waals surface area contributed by atoms with Crippen molar-refractivity contribution in [3.8, 4) is 0 Å². The van der Waals surface area contributed by atoms with Crippen LogP contribution in [0.2, 0.25) is 0 Å². The Bertz CT molecular complexity index is 1280. The van der Waals surface area contributed by atoms with Gasteiger partial charge in [0.1, 0.15) is 0 Å². The van der Waals surface area contributed by atoms with Gasteiger partial charge in [-0.2, -0.15) is 13.5 Å². The first-order valence-electron chi connectivity index (χ1n) is 12.6. The molecule has 1 saturated carbocycles. The first-order valence-corrected chi connectivity index (χ1v) is 12.6. The van der Waals surface area contributed by atoms with Gasteiger partial charge in [-0.15, -0.1) is 0 Å². The monoisotopic (exact) mass is 510 g/mol. The largest absolute Gasteiger partial charge is 0.336 e. The van der Waals surface area contributed by atoms with Gasteiger partial charge in [0.25, 0.3) is 5.91 Å². The minimum atomic E-state index is -0.378. The number of imidazole rings is 1. The number of para-hydroxylation sites is 1. The Labute approximate surface area is 219 Å². The van der Waals surface area contributed by atoms with Gasteiger partial charge in [-0.3, -0.25) is 14.2 Å². The zero-order chi connectivity index (χ0) is 25.3. The summed E-state index contributed by atoms with van der Waals surface area (Å²) in [6.07, 6.45) is 2.89. The van der Waals surface area contributed by atoms with Crippen LogP contribution < -0.4 is 16.3 Å². The summed E-state index contributed by atoms with van der Waals surface area (Å²) in [6, 6.07) is 14.5. The summed E-state index contributed by atoms with van der Waals surface area (Å²) in [5, 5.41) is 0. The van der Waals surface area contributed by atoms with E-state index >= 15 is 0 Å². The Morgan fingerprint density at radius 2 is 1.78 bits per heavy atom. The van der Waals surface area contributed by atoms with E-state index in [0.717, 1.165) is 24.9 Å². The number of carbonyl (C=O) groups excluding carboxylic acids is 2. The molecule has 2 aromatic carbocycles. The highest BCUT2D eigenvalue weighted by atomic mass is 32.1. The molecule has 1 amide bonds. The van der Waals surface area contributed by atoms with Gasteiger partial charge >= 0.3 is 5.69 Å². The number of nitrogens with zero attached hydrogens (tertiary/aromatic N) is 3. The summed E-state index contributed by atoms with van der Waals surface area (Å²) >= 11 is 0. The first-order chi connectivity index (χ1) is 16.7. The lowest BCUT2D eigenvalue weighted by atomic mass is 9.69. The molecule has 1 heterocycles. The van der Waals surface area contributed by atoms with E-state index in [1.54, 1.807) is 30.1 Å². The van der Waals surface area contributed by atoms with Gasteiger partial charge in [-0.05, 0) is 60.9 Å². The summed E-state index contributed by atoms with van der Waals surface area (Å²) in [7, 11) is 1.72. The lowest BCUT2D eigenvalue weighted by molar-refractivity contribution is 0.0633. The maximum atomic E-state index is 13.9. The molecule has 0 aliphatic heterocycles. The molecule has 7 nitrogen and oxygen atoms in total. The molecule has 1 aliphatic rings. The molecule has 0 saturated heterocycles. The SMILES string of the molecule is CC(C)[C@@H]1CC[C@@H](C)C[C@H]1C(=O)n1c(=O)n(CCN)c2cc(C(=O)N(C)c3ccccc3)ccc21.S. The van der Waals surface area contributed by atoms with E-state index in [0.29, 0.717) is 28.4 Å². The summed E-state index contributed by atoms with van der Waals surface area (Å²) < 4.78 is 2.86. The molecular formula is C28H38N4O3S. The topological polar surface area (TPSA) is 90.3 Å². The fourth-order valence-electron chi connectivity index (χ4n) is 5.56. The molecule has 1 aliphatic carbocycles. The minimum Gasteiger partial charge on any atom is -0.329 e. The zero-order valence-corrected chi connectivity index (χ0v) is 22.6. The van der Waals surface area contributed by atoms with E-state index in [2.05, 4.69) is 20.8 Å². The summed E-state index contributed by atoms with van der Waals surface area (Å²) in [5.41, 5.74) is 7.76. The van der Waals surface area contributed by atoms with Crippen LogP contribution in [-0.2, 0) is 6.54 Å². The number of hydrogen-bond donors (Lipinski definition) is 1. The second kappa shape index (κ2) is 11.5. The average Bonchev–Trinajstić information content (AvgIpc) is 3.13. The van der Waals surface area contributed by atoms with Gasteiger partial charge in [0.15, 0.2) is 0 Å². The highest BCUT2D eigenvalue weighted by Gasteiger charge is 2.37. The zero-order valence-electron chi connectivity index (χ0n) is 21.6. The van der Waals surface area contributed by atoms with Gasteiger partial charge in [0.05, 0.1) is 11.0 Å². The van der Waals surface area contributed by atoms with Crippen LogP contribution >= 0.6 is 13.5 Å². The lowest BCUT2D eigenvalue weighted by Gasteiger charge is -2.36. The molecule has 2 N–H and O–H groups in total. The molecular weight excluding hydrogens is 472 g/mol. The van der Waals surface area contributed by atoms with Crippen LogP contribution in [0.3, 0.4) is 0 Å². The predicted molar refractivity (Wildman–Crippen MR) is 150 cm³/mol. The van der Waals surface area contributed by atoms with Crippen molar-refractivity contribution < 1.29 is 9.59 Å². The van der Waals surface area contributed by atoms with Crippen LogP contribution in [0.4, 0.5) is 5.69 Å². The predicted octanol–water partition coefficient (Wildman–Crippen LogP) is 4.50. The van der Waals surface area contributed by atoms with Crippen LogP contribution in [0.5, 0.6) is 0 Å². The number of benzene rings is 2. The van der Waals surface area contributed by atoms with Crippen molar-refractivity contribution >= 4 is 42.0 Å². The molecule has 0 bridgehead atoms. The normalized spacial score (nSPS) is 19.8. The van der Waals surface area contributed by atoms with Crippen LogP contribution in [0.1, 0.15) is 55.2 Å². The van der Waals surface area contributed by atoms with E-state index in [-0.39, 0.29) is 55.9 Å². The number of carbonyl (C=O) groups is 2. The van der Waals surface area contributed by atoms with Crippen molar-refractivity contribution in [2.45, 2.75) is 46.6 Å². The summed E-state index contributed by atoms with van der Waals surface area (Å²) in [5.74, 6) is 0.538. The molecule has 0 unspecified atom stereocenters. The van der Waals surface area contributed by atoms with Crippen LogP contribution in [0.25, 0.3) is 11.0 Å². The molecule has 8 heteroatoms. The second-order valence-electron chi connectivity index (χ2n) is 10.2. The quantitative estimate of drug-likeness (QED) is 0.529. The number of fused-ring (bicyclic) bond motifs is 1. The van der Waals surface area contributed by atoms with Gasteiger partial charge in [0.2, 0.25) is 5.91 Å². The number of hydrogen-bond acceptors (Lipinski definition) is 4. The van der Waals surface area contributed by atoms with E-state index in [1.807, 2.05) is 30.3 Å². The van der Waals surface area contributed by atoms with Crippen molar-refractivity contribution in [2.24, 2.45) is 29.4 Å². The molecule has 1 aromatic heterocycles. The Morgan fingerprint density at radius 3 is 2.42 bits per heavy atom. The second-order valence-corrected chi connectivity index (χ2v) is 10.2. The van der Waals surface area contributed by atoms with Crippen LogP contribution in [0.15, 0.2) is 53.3 Å². The first kappa shape index (κ1) is 27.7. The Morgan fingerprint density at radius 1 is 1.08 bits per heavy atom. The van der Waals surface area contributed by atoms with Crippen molar-refractivity contribution in [2.75, 3.05) is 18.5 Å². The Hall–Kier alpha value is -2.84. The molecule has 1 fully saturated rings. The van der Waals surface area contributed by atoms with Gasteiger partial charge in [-0.1, -0.05) is 45.4 Å². The van der Waals surface area contributed by atoms with Crippen molar-refractivity contribution in [3.63, 3.8) is 0 Å². The Balaban J connectivity index is 0.00000361. The molecule has 0 spiro atoms. The van der Waals surface area contributed by atoms with Gasteiger partial charge < -0.3 is 10.6 Å². The summed E-state index contributed by atoms with van der Waals surface area (Å²) in [4.78, 5) is 42.2. The third-order valence-electron chi connectivity index (χ3n) is 7.54. The van der Waals surface area contributed by atoms with Crippen LogP contribution in [0, 0.1) is 23.7 Å². The van der Waals surface area contributed by atoms with Gasteiger partial charge in [0, 0.05) is 37.3 Å². The molecule has 194 valence electrons.